The van der Waals surface area contributed by atoms with Crippen LogP contribution in [-0.4, -0.2) is 0 Å². The first-order valence-electron chi connectivity index (χ1n) is 6.16. The van der Waals surface area contributed by atoms with Crippen LogP contribution in [-0.2, 0) is 6.18 Å². The summed E-state index contributed by atoms with van der Waals surface area (Å²) < 4.78 is 39.7. The third kappa shape index (κ3) is 4.23. The lowest BCUT2D eigenvalue weighted by Gasteiger charge is -2.18. The smallest absolute Gasteiger partial charge is 0.378 e. The fourth-order valence-corrected chi connectivity index (χ4v) is 3.11. The highest BCUT2D eigenvalue weighted by atomic mass is 79.9. The number of benzene rings is 2. The lowest BCUT2D eigenvalue weighted by atomic mass is 10.1. The summed E-state index contributed by atoms with van der Waals surface area (Å²) in [4.78, 5) is 0. The van der Waals surface area contributed by atoms with Gasteiger partial charge in [0.05, 0.1) is 5.56 Å². The van der Waals surface area contributed by atoms with E-state index in [1.54, 1.807) is 6.07 Å². The van der Waals surface area contributed by atoms with Gasteiger partial charge in [-0.15, -0.1) is 0 Å². The Labute approximate surface area is 137 Å². The van der Waals surface area contributed by atoms with Crippen molar-refractivity contribution < 1.29 is 13.2 Å². The standard InChI is InChI=1S/C15H12Br2F3N/c1-9(13-4-2-3-5-14(13)17)21-12-7-10(15(18,19)20)6-11(16)8-12/h2-9,21H,1H3. The predicted octanol–water partition coefficient (Wildman–Crippen LogP) is 6.40. The van der Waals surface area contributed by atoms with Gasteiger partial charge in [-0.05, 0) is 36.8 Å². The summed E-state index contributed by atoms with van der Waals surface area (Å²) in [5.41, 5.74) is 0.713. The Balaban J connectivity index is 2.28. The molecule has 1 N–H and O–H groups in total. The summed E-state index contributed by atoms with van der Waals surface area (Å²) in [6, 6.07) is 11.3. The Bertz CT molecular complexity index is 641. The average molecular weight is 423 g/mol. The highest BCUT2D eigenvalue weighted by Gasteiger charge is 2.31. The van der Waals surface area contributed by atoms with E-state index in [0.717, 1.165) is 22.2 Å². The third-order valence-corrected chi connectivity index (χ3v) is 4.16. The van der Waals surface area contributed by atoms with Crippen molar-refractivity contribution >= 4 is 37.5 Å². The second kappa shape index (κ2) is 6.40. The maximum atomic E-state index is 12.8. The lowest BCUT2D eigenvalue weighted by molar-refractivity contribution is -0.137. The maximum Gasteiger partial charge on any atom is 0.416 e. The molecular weight excluding hydrogens is 411 g/mol. The Morgan fingerprint density at radius 2 is 1.71 bits per heavy atom. The van der Waals surface area contributed by atoms with Crippen molar-refractivity contribution in [3.05, 3.63) is 62.5 Å². The van der Waals surface area contributed by atoms with Crippen LogP contribution in [0.2, 0.25) is 0 Å². The van der Waals surface area contributed by atoms with Crippen molar-refractivity contribution in [3.8, 4) is 0 Å². The highest BCUT2D eigenvalue weighted by Crippen LogP contribution is 2.34. The summed E-state index contributed by atoms with van der Waals surface area (Å²) in [5.74, 6) is 0. The van der Waals surface area contributed by atoms with Crippen LogP contribution >= 0.6 is 31.9 Å². The molecular formula is C15H12Br2F3N. The fourth-order valence-electron chi connectivity index (χ4n) is 1.99. The molecule has 2 aromatic carbocycles. The molecule has 0 aliphatic carbocycles. The normalized spacial score (nSPS) is 13.0. The van der Waals surface area contributed by atoms with Gasteiger partial charge in [0.2, 0.25) is 0 Å². The number of halogens is 5. The van der Waals surface area contributed by atoms with E-state index in [4.69, 9.17) is 0 Å². The summed E-state index contributed by atoms with van der Waals surface area (Å²) >= 11 is 6.56. The number of hydrogen-bond acceptors (Lipinski definition) is 1. The molecule has 6 heteroatoms. The first kappa shape index (κ1) is 16.4. The van der Waals surface area contributed by atoms with Gasteiger partial charge in [0, 0.05) is 20.7 Å². The number of alkyl halides is 3. The Hall–Kier alpha value is -1.01. The molecule has 0 bridgehead atoms. The van der Waals surface area contributed by atoms with Crippen LogP contribution in [0.15, 0.2) is 51.4 Å². The van der Waals surface area contributed by atoms with Gasteiger partial charge in [-0.3, -0.25) is 0 Å². The molecule has 0 spiro atoms. The quantitative estimate of drug-likeness (QED) is 0.603. The van der Waals surface area contributed by atoms with Gasteiger partial charge in [-0.1, -0.05) is 50.1 Å². The number of nitrogens with one attached hydrogen (secondary N) is 1. The zero-order valence-electron chi connectivity index (χ0n) is 11.0. The van der Waals surface area contributed by atoms with E-state index in [9.17, 15) is 13.2 Å². The van der Waals surface area contributed by atoms with E-state index in [-0.39, 0.29) is 6.04 Å². The van der Waals surface area contributed by atoms with Gasteiger partial charge in [-0.2, -0.15) is 13.2 Å². The van der Waals surface area contributed by atoms with Crippen molar-refractivity contribution in [2.24, 2.45) is 0 Å². The third-order valence-electron chi connectivity index (χ3n) is 2.98. The second-order valence-electron chi connectivity index (χ2n) is 4.61. The average Bonchev–Trinajstić information content (AvgIpc) is 2.37. The molecule has 0 fully saturated rings. The monoisotopic (exact) mass is 421 g/mol. The van der Waals surface area contributed by atoms with Crippen molar-refractivity contribution in [1.82, 2.24) is 0 Å². The zero-order chi connectivity index (χ0) is 15.6. The van der Waals surface area contributed by atoms with E-state index >= 15 is 0 Å². The van der Waals surface area contributed by atoms with Crippen LogP contribution in [0, 0.1) is 0 Å². The van der Waals surface area contributed by atoms with Crippen molar-refractivity contribution in [1.29, 1.82) is 0 Å². The van der Waals surface area contributed by atoms with Crippen molar-refractivity contribution in [2.45, 2.75) is 19.1 Å². The second-order valence-corrected chi connectivity index (χ2v) is 6.38. The van der Waals surface area contributed by atoms with Gasteiger partial charge >= 0.3 is 6.18 Å². The van der Waals surface area contributed by atoms with Gasteiger partial charge in [0.25, 0.3) is 0 Å². The molecule has 0 amide bonds. The Kier molecular flexibility index (Phi) is 4.99. The molecule has 0 saturated carbocycles. The predicted molar refractivity (Wildman–Crippen MR) is 85.3 cm³/mol. The minimum absolute atomic E-state index is 0.129. The molecule has 1 nitrogen and oxygen atoms in total. The van der Waals surface area contributed by atoms with Crippen LogP contribution in [0.4, 0.5) is 18.9 Å². The van der Waals surface area contributed by atoms with E-state index < -0.39 is 11.7 Å². The van der Waals surface area contributed by atoms with E-state index in [0.29, 0.717) is 10.2 Å². The first-order chi connectivity index (χ1) is 9.77. The number of anilines is 1. The largest absolute Gasteiger partial charge is 0.416 e. The van der Waals surface area contributed by atoms with Crippen LogP contribution in [0.25, 0.3) is 0 Å². The van der Waals surface area contributed by atoms with Crippen molar-refractivity contribution in [2.75, 3.05) is 5.32 Å². The SMILES string of the molecule is CC(Nc1cc(Br)cc(C(F)(F)F)c1)c1ccccc1Br. The minimum atomic E-state index is -4.36. The molecule has 0 heterocycles. The van der Waals surface area contributed by atoms with Crippen LogP contribution < -0.4 is 5.32 Å². The van der Waals surface area contributed by atoms with E-state index in [1.807, 2.05) is 31.2 Å². The summed E-state index contributed by atoms with van der Waals surface area (Å²) in [5, 5.41) is 3.09. The molecule has 2 aromatic rings. The fraction of sp³-hybridized carbons (Fsp3) is 0.200. The lowest BCUT2D eigenvalue weighted by Crippen LogP contribution is -2.10. The summed E-state index contributed by atoms with van der Waals surface area (Å²) in [6.07, 6.45) is -4.36. The number of rotatable bonds is 3. The molecule has 1 atom stereocenters. The van der Waals surface area contributed by atoms with Gasteiger partial charge in [0.15, 0.2) is 0 Å². The molecule has 0 saturated heterocycles. The Morgan fingerprint density at radius 1 is 1.05 bits per heavy atom. The van der Waals surface area contributed by atoms with Gasteiger partial charge < -0.3 is 5.32 Å². The molecule has 0 aliphatic heterocycles. The maximum absolute atomic E-state index is 12.8. The Morgan fingerprint density at radius 3 is 2.33 bits per heavy atom. The van der Waals surface area contributed by atoms with Gasteiger partial charge in [-0.25, -0.2) is 0 Å². The van der Waals surface area contributed by atoms with Crippen LogP contribution in [0.1, 0.15) is 24.1 Å². The molecule has 21 heavy (non-hydrogen) atoms. The van der Waals surface area contributed by atoms with Crippen molar-refractivity contribution in [3.63, 3.8) is 0 Å². The van der Waals surface area contributed by atoms with E-state index in [1.165, 1.54) is 0 Å². The zero-order valence-corrected chi connectivity index (χ0v) is 14.2. The van der Waals surface area contributed by atoms with Gasteiger partial charge in [0.1, 0.15) is 0 Å². The van der Waals surface area contributed by atoms with Crippen LogP contribution in [0.3, 0.4) is 0 Å². The highest BCUT2D eigenvalue weighted by molar-refractivity contribution is 9.10. The molecule has 112 valence electrons. The molecule has 0 aliphatic rings. The minimum Gasteiger partial charge on any atom is -0.378 e. The molecule has 1 unspecified atom stereocenters. The van der Waals surface area contributed by atoms with E-state index in [2.05, 4.69) is 37.2 Å². The van der Waals surface area contributed by atoms with Crippen LogP contribution in [0.5, 0.6) is 0 Å². The molecule has 2 rings (SSSR count). The first-order valence-corrected chi connectivity index (χ1v) is 7.75. The number of hydrogen-bond donors (Lipinski definition) is 1. The summed E-state index contributed by atoms with van der Waals surface area (Å²) in [6.45, 7) is 1.90. The molecule has 0 radical (unpaired) electrons. The summed E-state index contributed by atoms with van der Waals surface area (Å²) in [7, 11) is 0. The molecule has 0 aromatic heterocycles. The topological polar surface area (TPSA) is 12.0 Å².